The molecular weight excluding hydrogens is 715 g/mol. The van der Waals surface area contributed by atoms with Gasteiger partial charge in [-0.25, -0.2) is 24.9 Å². The fourth-order valence-corrected chi connectivity index (χ4v) is 7.51. The van der Waals surface area contributed by atoms with E-state index in [1.807, 2.05) is 164 Å². The average molecular weight is 746 g/mol. The first kappa shape index (κ1) is 34.5. The first-order valence-electron chi connectivity index (χ1n) is 18.9. The molecule has 0 amide bonds. The lowest BCUT2D eigenvalue weighted by Crippen LogP contribution is -2.23. The molecule has 10 rings (SSSR count). The Bertz CT molecular complexity index is 2910. The highest BCUT2D eigenvalue weighted by molar-refractivity contribution is 6.32. The summed E-state index contributed by atoms with van der Waals surface area (Å²) in [5.41, 5.74) is 9.00. The van der Waals surface area contributed by atoms with Gasteiger partial charge in [0, 0.05) is 55.6 Å². The zero-order valence-electron chi connectivity index (χ0n) is 31.0. The van der Waals surface area contributed by atoms with Gasteiger partial charge in [0.1, 0.15) is 0 Å². The third kappa shape index (κ3) is 6.27. The van der Waals surface area contributed by atoms with Gasteiger partial charge >= 0.3 is 0 Å². The Labute approximate surface area is 334 Å². The van der Waals surface area contributed by atoms with E-state index in [4.69, 9.17) is 24.9 Å². The lowest BCUT2D eigenvalue weighted by Gasteiger charge is -2.22. The van der Waals surface area contributed by atoms with E-state index in [0.717, 1.165) is 44.8 Å². The number of aromatic nitrogens is 5. The number of hydrogen-bond acceptors (Lipinski definition) is 7. The second kappa shape index (κ2) is 14.6. The van der Waals surface area contributed by atoms with Crippen molar-refractivity contribution < 1.29 is 9.59 Å². The van der Waals surface area contributed by atoms with Crippen LogP contribution in [0.5, 0.6) is 0 Å². The van der Waals surface area contributed by atoms with E-state index in [1.54, 1.807) is 24.3 Å². The van der Waals surface area contributed by atoms with Crippen molar-refractivity contribution in [2.45, 2.75) is 0 Å². The van der Waals surface area contributed by atoms with Crippen LogP contribution in [0.4, 0.5) is 0 Å². The normalized spacial score (nSPS) is 11.9. The zero-order chi connectivity index (χ0) is 39.0. The first-order valence-corrected chi connectivity index (χ1v) is 18.9. The summed E-state index contributed by atoms with van der Waals surface area (Å²) >= 11 is 0. The molecule has 7 heteroatoms. The summed E-state index contributed by atoms with van der Waals surface area (Å²) in [6, 6.07) is 59.9. The van der Waals surface area contributed by atoms with Crippen molar-refractivity contribution in [1.29, 1.82) is 0 Å². The number of ketones is 2. The molecule has 1 aliphatic rings. The minimum atomic E-state index is -0.280. The topological polar surface area (TPSA) is 98.6 Å². The van der Waals surface area contributed by atoms with E-state index in [9.17, 15) is 4.79 Å². The molecule has 1 aliphatic carbocycles. The van der Waals surface area contributed by atoms with Crippen molar-refractivity contribution >= 4 is 11.6 Å². The Morgan fingerprint density at radius 3 is 1.17 bits per heavy atom. The van der Waals surface area contributed by atoms with E-state index in [-0.39, 0.29) is 17.1 Å². The third-order valence-electron chi connectivity index (χ3n) is 10.3. The van der Waals surface area contributed by atoms with E-state index in [0.29, 0.717) is 51.1 Å². The molecule has 2 heterocycles. The largest absolute Gasteiger partial charge is 0.289 e. The highest BCUT2D eigenvalue weighted by atomic mass is 16.1. The van der Waals surface area contributed by atoms with Crippen LogP contribution < -0.4 is 0 Å². The van der Waals surface area contributed by atoms with Crippen LogP contribution >= 0.6 is 0 Å². The highest BCUT2D eigenvalue weighted by Gasteiger charge is 2.35. The summed E-state index contributed by atoms with van der Waals surface area (Å²) in [5.74, 6) is 1.25. The monoisotopic (exact) mass is 745 g/mol. The van der Waals surface area contributed by atoms with Crippen LogP contribution in [-0.2, 0) is 0 Å². The summed E-state index contributed by atoms with van der Waals surface area (Å²) in [5, 5.41) is 0. The van der Waals surface area contributed by atoms with E-state index in [2.05, 4.69) is 0 Å². The molecule has 2 aromatic heterocycles. The van der Waals surface area contributed by atoms with Gasteiger partial charge < -0.3 is 0 Å². The lowest BCUT2D eigenvalue weighted by atomic mass is 9.78. The maximum atomic E-state index is 15.1. The Balaban J connectivity index is 1.11. The summed E-state index contributed by atoms with van der Waals surface area (Å²) in [4.78, 5) is 54.2. The maximum Gasteiger partial charge on any atom is 0.195 e. The predicted molar refractivity (Wildman–Crippen MR) is 227 cm³/mol. The van der Waals surface area contributed by atoms with Crippen molar-refractivity contribution in [3.05, 3.63) is 210 Å². The smallest absolute Gasteiger partial charge is 0.195 e. The molecule has 272 valence electrons. The molecule has 0 N–H and O–H groups in total. The molecule has 58 heavy (non-hydrogen) atoms. The van der Waals surface area contributed by atoms with E-state index in [1.165, 1.54) is 0 Å². The maximum absolute atomic E-state index is 15.1. The van der Waals surface area contributed by atoms with E-state index >= 15 is 4.79 Å². The molecule has 9 aromatic rings. The SMILES string of the molecule is O=C1c2cccc(-c3cccc(-c4nc(-c5ccccc5)cc(-c5ccccc5)n4)c3)c2C(=O)c2c1cccc2-c1nc(-c2ccccc2)nc(-c2ccccc2)n1. The molecule has 0 bridgehead atoms. The van der Waals surface area contributed by atoms with Crippen LogP contribution in [0.25, 0.3) is 79.2 Å². The Kier molecular flexibility index (Phi) is 8.65. The van der Waals surface area contributed by atoms with Gasteiger partial charge in [-0.15, -0.1) is 0 Å². The molecule has 0 saturated carbocycles. The highest BCUT2D eigenvalue weighted by Crippen LogP contribution is 2.39. The number of benzene rings is 7. The second-order valence-electron chi connectivity index (χ2n) is 13.9. The average Bonchev–Trinajstić information content (AvgIpc) is 3.31. The van der Waals surface area contributed by atoms with E-state index < -0.39 is 0 Å². The van der Waals surface area contributed by atoms with Crippen molar-refractivity contribution in [3.63, 3.8) is 0 Å². The van der Waals surface area contributed by atoms with Gasteiger partial charge in [-0.05, 0) is 23.3 Å². The fraction of sp³-hybridized carbons (Fsp3) is 0. The van der Waals surface area contributed by atoms with Crippen molar-refractivity contribution in [2.75, 3.05) is 0 Å². The quantitative estimate of drug-likeness (QED) is 0.160. The number of carbonyl (C=O) groups excluding carboxylic acids is 2. The predicted octanol–water partition coefficient (Wildman–Crippen LogP) is 11.1. The molecule has 0 aliphatic heterocycles. The van der Waals surface area contributed by atoms with Crippen molar-refractivity contribution in [2.24, 2.45) is 0 Å². The van der Waals surface area contributed by atoms with Gasteiger partial charge in [0.2, 0.25) is 0 Å². The third-order valence-corrected chi connectivity index (χ3v) is 10.3. The van der Waals surface area contributed by atoms with Crippen molar-refractivity contribution in [3.8, 4) is 79.2 Å². The fourth-order valence-electron chi connectivity index (χ4n) is 7.51. The minimum absolute atomic E-state index is 0.239. The molecule has 0 atom stereocenters. The molecule has 0 fully saturated rings. The molecular formula is C51H31N5O2. The van der Waals surface area contributed by atoms with Gasteiger partial charge in [0.25, 0.3) is 0 Å². The second-order valence-corrected chi connectivity index (χ2v) is 13.9. The number of carbonyl (C=O) groups is 2. The van der Waals surface area contributed by atoms with Crippen molar-refractivity contribution in [1.82, 2.24) is 24.9 Å². The van der Waals surface area contributed by atoms with Crippen LogP contribution in [0.2, 0.25) is 0 Å². The number of fused-ring (bicyclic) bond motifs is 2. The molecule has 7 nitrogen and oxygen atoms in total. The van der Waals surface area contributed by atoms with Gasteiger partial charge in [-0.3, -0.25) is 9.59 Å². The summed E-state index contributed by atoms with van der Waals surface area (Å²) in [6.45, 7) is 0. The summed E-state index contributed by atoms with van der Waals surface area (Å²) in [6.07, 6.45) is 0. The summed E-state index contributed by atoms with van der Waals surface area (Å²) in [7, 11) is 0. The number of nitrogens with zero attached hydrogens (tertiary/aromatic N) is 5. The Morgan fingerprint density at radius 1 is 0.259 bits per heavy atom. The Morgan fingerprint density at radius 2 is 0.638 bits per heavy atom. The van der Waals surface area contributed by atoms with Crippen LogP contribution in [0.3, 0.4) is 0 Å². The van der Waals surface area contributed by atoms with Gasteiger partial charge in [0.05, 0.1) is 11.4 Å². The zero-order valence-corrected chi connectivity index (χ0v) is 31.0. The number of hydrogen-bond donors (Lipinski definition) is 0. The standard InChI is InChI=1S/C51H31N5O2/c57-46-39-27-14-26-38(36-24-13-25-37(30-36)50-52-42(32-16-5-1-6-17-32)31-43(53-50)33-18-7-2-8-19-33)44(39)47(58)45-40(46)28-15-29-41(45)51-55-48(34-20-9-3-10-21-34)54-49(56-51)35-22-11-4-12-23-35/h1-31H. The van der Waals surface area contributed by atoms with Gasteiger partial charge in [-0.2, -0.15) is 0 Å². The van der Waals surface area contributed by atoms with Crippen LogP contribution in [0.1, 0.15) is 31.8 Å². The van der Waals surface area contributed by atoms with Crippen LogP contribution in [0.15, 0.2) is 188 Å². The van der Waals surface area contributed by atoms with Crippen LogP contribution in [0, 0.1) is 0 Å². The van der Waals surface area contributed by atoms with Crippen LogP contribution in [-0.4, -0.2) is 36.5 Å². The molecule has 0 saturated heterocycles. The summed E-state index contributed by atoms with van der Waals surface area (Å²) < 4.78 is 0. The molecule has 0 radical (unpaired) electrons. The van der Waals surface area contributed by atoms with Gasteiger partial charge in [-0.1, -0.05) is 176 Å². The molecule has 0 unspecified atom stereocenters. The first-order chi connectivity index (χ1) is 28.6. The van der Waals surface area contributed by atoms with Gasteiger partial charge in [0.15, 0.2) is 34.9 Å². The lowest BCUT2D eigenvalue weighted by molar-refractivity contribution is 0.0980. The molecule has 7 aromatic carbocycles. The Hall–Kier alpha value is -8.03. The minimum Gasteiger partial charge on any atom is -0.289 e. The molecule has 0 spiro atoms. The number of rotatable bonds is 7.